The molecule has 0 spiro atoms. The predicted molar refractivity (Wildman–Crippen MR) is 79.3 cm³/mol. The maximum atomic E-state index is 4.70. The third-order valence-electron chi connectivity index (χ3n) is 2.99. The van der Waals surface area contributed by atoms with E-state index in [1.54, 1.807) is 0 Å². The summed E-state index contributed by atoms with van der Waals surface area (Å²) in [6.45, 7) is 5.30. The highest BCUT2D eigenvalue weighted by Gasteiger charge is 2.09. The molecule has 2 rings (SSSR count). The average Bonchev–Trinajstić information content (AvgIpc) is 2.72. The number of nitrogens with one attached hydrogen (secondary N) is 1. The number of rotatable bonds is 5. The standard InChI is InChI=1S/C15H20N2S/c1-11-6-4-7-13(10-11)15-17-12(2)14(18-15)8-5-9-16-3/h4,6-7,10,16H,5,8-9H2,1-3H3. The zero-order valence-electron chi connectivity index (χ0n) is 11.3. The van der Waals surface area contributed by atoms with Gasteiger partial charge in [-0.25, -0.2) is 4.98 Å². The molecule has 18 heavy (non-hydrogen) atoms. The summed E-state index contributed by atoms with van der Waals surface area (Å²) in [5.41, 5.74) is 3.72. The second-order valence-electron chi connectivity index (χ2n) is 4.60. The molecule has 0 radical (unpaired) electrons. The Bertz CT molecular complexity index is 517. The van der Waals surface area contributed by atoms with Gasteiger partial charge in [0.2, 0.25) is 0 Å². The maximum absolute atomic E-state index is 4.70. The molecule has 0 aliphatic rings. The van der Waals surface area contributed by atoms with E-state index in [0.717, 1.165) is 18.0 Å². The van der Waals surface area contributed by atoms with Crippen LogP contribution in [-0.2, 0) is 6.42 Å². The minimum atomic E-state index is 1.07. The van der Waals surface area contributed by atoms with Gasteiger partial charge in [0.05, 0.1) is 5.69 Å². The van der Waals surface area contributed by atoms with Gasteiger partial charge in [0, 0.05) is 10.4 Å². The van der Waals surface area contributed by atoms with Crippen molar-refractivity contribution in [3.63, 3.8) is 0 Å². The Morgan fingerprint density at radius 3 is 2.83 bits per heavy atom. The molecule has 96 valence electrons. The molecular formula is C15H20N2S. The van der Waals surface area contributed by atoms with Gasteiger partial charge in [0.25, 0.3) is 0 Å². The highest BCUT2D eigenvalue weighted by atomic mass is 32.1. The van der Waals surface area contributed by atoms with Crippen LogP contribution in [0, 0.1) is 13.8 Å². The Hall–Kier alpha value is -1.19. The highest BCUT2D eigenvalue weighted by Crippen LogP contribution is 2.29. The lowest BCUT2D eigenvalue weighted by molar-refractivity contribution is 0.727. The average molecular weight is 260 g/mol. The second kappa shape index (κ2) is 6.12. The van der Waals surface area contributed by atoms with E-state index in [9.17, 15) is 0 Å². The van der Waals surface area contributed by atoms with Crippen molar-refractivity contribution in [3.05, 3.63) is 40.4 Å². The van der Waals surface area contributed by atoms with E-state index in [0.29, 0.717) is 0 Å². The van der Waals surface area contributed by atoms with Gasteiger partial charge in [-0.05, 0) is 46.3 Å². The molecule has 0 aliphatic carbocycles. The van der Waals surface area contributed by atoms with Gasteiger partial charge >= 0.3 is 0 Å². The normalized spacial score (nSPS) is 10.8. The van der Waals surface area contributed by atoms with E-state index in [-0.39, 0.29) is 0 Å². The smallest absolute Gasteiger partial charge is 0.123 e. The number of benzene rings is 1. The van der Waals surface area contributed by atoms with Crippen molar-refractivity contribution in [1.29, 1.82) is 0 Å². The summed E-state index contributed by atoms with van der Waals surface area (Å²) in [4.78, 5) is 6.12. The van der Waals surface area contributed by atoms with Crippen LogP contribution in [0.3, 0.4) is 0 Å². The van der Waals surface area contributed by atoms with E-state index < -0.39 is 0 Å². The molecule has 0 fully saturated rings. The first-order chi connectivity index (χ1) is 8.70. The lowest BCUT2D eigenvalue weighted by Crippen LogP contribution is -2.08. The SMILES string of the molecule is CNCCCc1sc(-c2cccc(C)c2)nc1C. The Labute approximate surface area is 113 Å². The van der Waals surface area contributed by atoms with Gasteiger partial charge in [-0.15, -0.1) is 11.3 Å². The fourth-order valence-corrected chi connectivity index (χ4v) is 3.09. The molecule has 2 aromatic rings. The van der Waals surface area contributed by atoms with Crippen LogP contribution >= 0.6 is 11.3 Å². The molecule has 1 N–H and O–H groups in total. The maximum Gasteiger partial charge on any atom is 0.123 e. The second-order valence-corrected chi connectivity index (χ2v) is 5.69. The minimum absolute atomic E-state index is 1.07. The van der Waals surface area contributed by atoms with Gasteiger partial charge in [-0.3, -0.25) is 0 Å². The zero-order valence-corrected chi connectivity index (χ0v) is 12.1. The molecular weight excluding hydrogens is 240 g/mol. The van der Waals surface area contributed by atoms with Gasteiger partial charge in [0.1, 0.15) is 5.01 Å². The van der Waals surface area contributed by atoms with Gasteiger partial charge < -0.3 is 5.32 Å². The molecule has 2 nitrogen and oxygen atoms in total. The van der Waals surface area contributed by atoms with Crippen molar-refractivity contribution < 1.29 is 0 Å². The summed E-state index contributed by atoms with van der Waals surface area (Å²) in [6.07, 6.45) is 2.29. The van der Waals surface area contributed by atoms with Gasteiger partial charge in [-0.1, -0.05) is 23.8 Å². The monoisotopic (exact) mass is 260 g/mol. The number of aromatic nitrogens is 1. The van der Waals surface area contributed by atoms with Crippen LogP contribution in [0.5, 0.6) is 0 Å². The molecule has 1 aromatic carbocycles. The zero-order chi connectivity index (χ0) is 13.0. The molecule has 1 aromatic heterocycles. The largest absolute Gasteiger partial charge is 0.320 e. The van der Waals surface area contributed by atoms with E-state index in [1.807, 2.05) is 18.4 Å². The third-order valence-corrected chi connectivity index (χ3v) is 4.25. The molecule has 3 heteroatoms. The molecule has 0 unspecified atom stereocenters. The van der Waals surface area contributed by atoms with Crippen LogP contribution in [0.4, 0.5) is 0 Å². The summed E-state index contributed by atoms with van der Waals surface area (Å²) < 4.78 is 0. The lowest BCUT2D eigenvalue weighted by atomic mass is 10.1. The van der Waals surface area contributed by atoms with Crippen molar-refractivity contribution in [2.45, 2.75) is 26.7 Å². The van der Waals surface area contributed by atoms with Crippen molar-refractivity contribution in [2.24, 2.45) is 0 Å². The Morgan fingerprint density at radius 1 is 1.28 bits per heavy atom. The minimum Gasteiger partial charge on any atom is -0.320 e. The van der Waals surface area contributed by atoms with Crippen molar-refractivity contribution in [1.82, 2.24) is 10.3 Å². The first-order valence-electron chi connectivity index (χ1n) is 6.38. The first-order valence-corrected chi connectivity index (χ1v) is 7.20. The van der Waals surface area contributed by atoms with Crippen LogP contribution < -0.4 is 5.32 Å². The van der Waals surface area contributed by atoms with Crippen molar-refractivity contribution >= 4 is 11.3 Å². The van der Waals surface area contributed by atoms with E-state index in [2.05, 4.69) is 43.4 Å². The summed E-state index contributed by atoms with van der Waals surface area (Å²) in [5, 5.41) is 4.34. The lowest BCUT2D eigenvalue weighted by Gasteiger charge is -1.98. The first kappa shape index (κ1) is 13.2. The quantitative estimate of drug-likeness (QED) is 0.831. The van der Waals surface area contributed by atoms with Gasteiger partial charge in [0.15, 0.2) is 0 Å². The third kappa shape index (κ3) is 3.18. The highest BCUT2D eigenvalue weighted by molar-refractivity contribution is 7.15. The van der Waals surface area contributed by atoms with E-state index in [1.165, 1.54) is 28.1 Å². The molecule has 1 heterocycles. The van der Waals surface area contributed by atoms with Crippen LogP contribution in [0.1, 0.15) is 22.6 Å². The van der Waals surface area contributed by atoms with Gasteiger partial charge in [-0.2, -0.15) is 0 Å². The topological polar surface area (TPSA) is 24.9 Å². The number of hydrogen-bond donors (Lipinski definition) is 1. The molecule has 0 aliphatic heterocycles. The summed E-state index contributed by atoms with van der Waals surface area (Å²) >= 11 is 1.83. The number of hydrogen-bond acceptors (Lipinski definition) is 3. The fourth-order valence-electron chi connectivity index (χ4n) is 1.99. The van der Waals surface area contributed by atoms with E-state index >= 15 is 0 Å². The summed E-state index contributed by atoms with van der Waals surface area (Å²) in [6, 6.07) is 8.57. The molecule has 0 bridgehead atoms. The number of thiazole rings is 1. The predicted octanol–water partition coefficient (Wildman–Crippen LogP) is 3.58. The van der Waals surface area contributed by atoms with E-state index in [4.69, 9.17) is 4.98 Å². The fraction of sp³-hybridized carbons (Fsp3) is 0.400. The number of aryl methyl sites for hydroxylation is 3. The van der Waals surface area contributed by atoms with Crippen LogP contribution in [0.25, 0.3) is 10.6 Å². The summed E-state index contributed by atoms with van der Waals surface area (Å²) in [7, 11) is 2.00. The van der Waals surface area contributed by atoms with Crippen molar-refractivity contribution in [3.8, 4) is 10.6 Å². The molecule has 0 amide bonds. The number of nitrogens with zero attached hydrogens (tertiary/aromatic N) is 1. The van der Waals surface area contributed by atoms with Crippen LogP contribution in [-0.4, -0.2) is 18.6 Å². The Morgan fingerprint density at radius 2 is 2.11 bits per heavy atom. The molecule has 0 saturated heterocycles. The van der Waals surface area contributed by atoms with Crippen molar-refractivity contribution in [2.75, 3.05) is 13.6 Å². The molecule has 0 atom stereocenters. The van der Waals surface area contributed by atoms with Crippen LogP contribution in [0.15, 0.2) is 24.3 Å². The molecule has 0 saturated carbocycles. The van der Waals surface area contributed by atoms with Crippen LogP contribution in [0.2, 0.25) is 0 Å². The summed E-state index contributed by atoms with van der Waals surface area (Å²) in [5.74, 6) is 0. The Balaban J connectivity index is 2.18. The Kier molecular flexibility index (Phi) is 4.50.